The fraction of sp³-hybridized carbons (Fsp3) is 0.176. The van der Waals surface area contributed by atoms with Gasteiger partial charge < -0.3 is 14.8 Å². The number of esters is 1. The number of hydrogen-bond acceptors (Lipinski definition) is 6. The normalized spacial score (nSPS) is 10.1. The van der Waals surface area contributed by atoms with Gasteiger partial charge >= 0.3 is 11.7 Å². The van der Waals surface area contributed by atoms with E-state index in [0.717, 1.165) is 12.1 Å². The summed E-state index contributed by atoms with van der Waals surface area (Å²) in [4.78, 5) is 34.1. The minimum Gasteiger partial charge on any atom is -0.490 e. The summed E-state index contributed by atoms with van der Waals surface area (Å²) in [5.74, 6) is -2.11. The van der Waals surface area contributed by atoms with Gasteiger partial charge in [-0.3, -0.25) is 14.9 Å². The minimum absolute atomic E-state index is 0.00845. The summed E-state index contributed by atoms with van der Waals surface area (Å²) in [6, 6.07) is 7.42. The molecular weight excluding hydrogens is 347 g/mol. The van der Waals surface area contributed by atoms with Crippen molar-refractivity contribution in [3.8, 4) is 5.75 Å². The zero-order valence-electron chi connectivity index (χ0n) is 13.9. The molecule has 1 amide bonds. The highest BCUT2D eigenvalue weighted by molar-refractivity contribution is 5.96. The van der Waals surface area contributed by atoms with Crippen LogP contribution in [0.4, 0.5) is 15.8 Å². The van der Waals surface area contributed by atoms with E-state index in [1.807, 2.05) is 0 Å². The third-order valence-corrected chi connectivity index (χ3v) is 3.42. The first-order valence-corrected chi connectivity index (χ1v) is 7.37. The monoisotopic (exact) mass is 362 g/mol. The standard InChI is InChI=1S/C17H15FN2O6/c1-10-3-5-12(18)8-13(10)19-16(21)9-26-17(22)11-4-6-15(25-2)14(7-11)20(23)24/h3-8H,9H2,1-2H3,(H,19,21). The number of rotatable bonds is 6. The summed E-state index contributed by atoms with van der Waals surface area (Å²) in [5, 5.41) is 13.4. The van der Waals surface area contributed by atoms with E-state index in [0.29, 0.717) is 5.56 Å². The molecule has 0 fully saturated rings. The highest BCUT2D eigenvalue weighted by Gasteiger charge is 2.19. The van der Waals surface area contributed by atoms with Crippen LogP contribution in [-0.2, 0) is 9.53 Å². The second-order valence-corrected chi connectivity index (χ2v) is 5.23. The summed E-state index contributed by atoms with van der Waals surface area (Å²) in [5.41, 5.74) is 0.386. The first-order valence-electron chi connectivity index (χ1n) is 7.37. The zero-order chi connectivity index (χ0) is 19.3. The molecule has 0 radical (unpaired) electrons. The lowest BCUT2D eigenvalue weighted by atomic mass is 10.2. The third kappa shape index (κ3) is 4.53. The molecule has 0 saturated carbocycles. The van der Waals surface area contributed by atoms with E-state index in [1.54, 1.807) is 6.92 Å². The SMILES string of the molecule is COc1ccc(C(=O)OCC(=O)Nc2cc(F)ccc2C)cc1[N+](=O)[O-]. The lowest BCUT2D eigenvalue weighted by molar-refractivity contribution is -0.385. The number of benzene rings is 2. The topological polar surface area (TPSA) is 108 Å². The molecule has 0 bridgehead atoms. The highest BCUT2D eigenvalue weighted by atomic mass is 19.1. The molecular formula is C17H15FN2O6. The van der Waals surface area contributed by atoms with Crippen molar-refractivity contribution in [2.75, 3.05) is 19.0 Å². The second kappa shape index (κ2) is 8.06. The largest absolute Gasteiger partial charge is 0.490 e. The van der Waals surface area contributed by atoms with Crippen molar-refractivity contribution in [3.05, 3.63) is 63.5 Å². The maximum atomic E-state index is 13.2. The van der Waals surface area contributed by atoms with Crippen LogP contribution in [0.15, 0.2) is 36.4 Å². The Balaban J connectivity index is 2.02. The average molecular weight is 362 g/mol. The van der Waals surface area contributed by atoms with Crippen molar-refractivity contribution in [1.82, 2.24) is 0 Å². The molecule has 0 unspecified atom stereocenters. The smallest absolute Gasteiger partial charge is 0.338 e. The molecule has 0 aromatic heterocycles. The average Bonchev–Trinajstić information content (AvgIpc) is 2.62. The van der Waals surface area contributed by atoms with Crippen molar-refractivity contribution in [2.24, 2.45) is 0 Å². The molecule has 0 saturated heterocycles. The first kappa shape index (κ1) is 18.8. The Labute approximate surface area is 147 Å². The summed E-state index contributed by atoms with van der Waals surface area (Å²) in [6.45, 7) is 1.05. The molecule has 9 heteroatoms. The van der Waals surface area contributed by atoms with Gasteiger partial charge in [0.2, 0.25) is 0 Å². The number of ether oxygens (including phenoxy) is 2. The number of nitrogens with one attached hydrogen (secondary N) is 1. The lowest BCUT2D eigenvalue weighted by Gasteiger charge is -2.09. The number of anilines is 1. The molecule has 0 spiro atoms. The van der Waals surface area contributed by atoms with Crippen LogP contribution in [0.5, 0.6) is 5.75 Å². The fourth-order valence-electron chi connectivity index (χ4n) is 2.09. The van der Waals surface area contributed by atoms with E-state index in [4.69, 9.17) is 9.47 Å². The van der Waals surface area contributed by atoms with Crippen molar-refractivity contribution in [1.29, 1.82) is 0 Å². The second-order valence-electron chi connectivity index (χ2n) is 5.23. The molecule has 136 valence electrons. The van der Waals surface area contributed by atoms with E-state index in [9.17, 15) is 24.1 Å². The number of carbonyl (C=O) groups is 2. The molecule has 26 heavy (non-hydrogen) atoms. The molecule has 0 heterocycles. The van der Waals surface area contributed by atoms with Gasteiger partial charge in [-0.25, -0.2) is 9.18 Å². The Bertz CT molecular complexity index is 868. The summed E-state index contributed by atoms with van der Waals surface area (Å²) in [7, 11) is 1.26. The first-order chi connectivity index (χ1) is 12.3. The van der Waals surface area contributed by atoms with Gasteiger partial charge in [0.05, 0.1) is 17.6 Å². The number of nitro groups is 1. The number of aryl methyl sites for hydroxylation is 1. The number of hydrogen-bond donors (Lipinski definition) is 1. The number of nitrogens with zero attached hydrogens (tertiary/aromatic N) is 1. The van der Waals surface area contributed by atoms with Crippen LogP contribution >= 0.6 is 0 Å². The van der Waals surface area contributed by atoms with Gasteiger partial charge in [-0.15, -0.1) is 0 Å². The van der Waals surface area contributed by atoms with Crippen molar-refractivity contribution >= 4 is 23.3 Å². The molecule has 0 atom stereocenters. The minimum atomic E-state index is -0.915. The molecule has 8 nitrogen and oxygen atoms in total. The van der Waals surface area contributed by atoms with Crippen LogP contribution in [0.3, 0.4) is 0 Å². The zero-order valence-corrected chi connectivity index (χ0v) is 13.9. The van der Waals surface area contributed by atoms with Gasteiger partial charge in [0.25, 0.3) is 5.91 Å². The quantitative estimate of drug-likeness (QED) is 0.481. The Morgan fingerprint density at radius 1 is 1.23 bits per heavy atom. The Kier molecular flexibility index (Phi) is 5.84. The van der Waals surface area contributed by atoms with Gasteiger partial charge in [-0.2, -0.15) is 0 Å². The van der Waals surface area contributed by atoms with Crippen LogP contribution in [0.2, 0.25) is 0 Å². The van der Waals surface area contributed by atoms with E-state index < -0.39 is 34.9 Å². The van der Waals surface area contributed by atoms with Crippen molar-refractivity contribution in [2.45, 2.75) is 6.92 Å². The summed E-state index contributed by atoms with van der Waals surface area (Å²) in [6.07, 6.45) is 0. The molecule has 0 aliphatic heterocycles. The van der Waals surface area contributed by atoms with E-state index in [2.05, 4.69) is 5.32 Å². The maximum absolute atomic E-state index is 13.2. The van der Waals surface area contributed by atoms with Gasteiger partial charge in [0, 0.05) is 11.8 Å². The summed E-state index contributed by atoms with van der Waals surface area (Å²) < 4.78 is 22.9. The van der Waals surface area contributed by atoms with Crippen LogP contribution in [-0.4, -0.2) is 30.5 Å². The highest BCUT2D eigenvalue weighted by Crippen LogP contribution is 2.27. The maximum Gasteiger partial charge on any atom is 0.338 e. The number of halogens is 1. The van der Waals surface area contributed by atoms with E-state index >= 15 is 0 Å². The van der Waals surface area contributed by atoms with Crippen LogP contribution in [0, 0.1) is 22.9 Å². The predicted octanol–water partition coefficient (Wildman–Crippen LogP) is 2.85. The van der Waals surface area contributed by atoms with Gasteiger partial charge in [0.15, 0.2) is 12.4 Å². The van der Waals surface area contributed by atoms with Crippen LogP contribution in [0.1, 0.15) is 15.9 Å². The van der Waals surface area contributed by atoms with E-state index in [1.165, 1.54) is 31.4 Å². The number of methoxy groups -OCH3 is 1. The Hall–Kier alpha value is -3.49. The molecule has 0 aliphatic rings. The molecule has 0 aliphatic carbocycles. The van der Waals surface area contributed by atoms with Crippen molar-refractivity contribution in [3.63, 3.8) is 0 Å². The summed E-state index contributed by atoms with van der Waals surface area (Å²) >= 11 is 0. The molecule has 2 rings (SSSR count). The number of carbonyl (C=O) groups excluding carboxylic acids is 2. The molecule has 2 aromatic carbocycles. The lowest BCUT2D eigenvalue weighted by Crippen LogP contribution is -2.21. The van der Waals surface area contributed by atoms with Gasteiger partial charge in [-0.05, 0) is 36.8 Å². The van der Waals surface area contributed by atoms with Crippen LogP contribution < -0.4 is 10.1 Å². The Morgan fingerprint density at radius 2 is 1.96 bits per heavy atom. The predicted molar refractivity (Wildman–Crippen MR) is 89.7 cm³/mol. The van der Waals surface area contributed by atoms with Gasteiger partial charge in [-0.1, -0.05) is 6.07 Å². The van der Waals surface area contributed by atoms with Crippen LogP contribution in [0.25, 0.3) is 0 Å². The Morgan fingerprint density at radius 3 is 2.62 bits per heavy atom. The number of amides is 1. The van der Waals surface area contributed by atoms with Gasteiger partial charge in [0.1, 0.15) is 5.82 Å². The molecule has 2 aromatic rings. The molecule has 1 N–H and O–H groups in total. The van der Waals surface area contributed by atoms with E-state index in [-0.39, 0.29) is 17.0 Å². The van der Waals surface area contributed by atoms with Crippen molar-refractivity contribution < 1.29 is 28.4 Å². The number of nitro benzene ring substituents is 1. The fourth-order valence-corrected chi connectivity index (χ4v) is 2.09. The third-order valence-electron chi connectivity index (χ3n) is 3.42.